The van der Waals surface area contributed by atoms with E-state index in [9.17, 15) is 9.59 Å². The molecule has 1 atom stereocenters. The number of esters is 1. The van der Waals surface area contributed by atoms with Gasteiger partial charge in [-0.25, -0.2) is 4.79 Å². The fourth-order valence-electron chi connectivity index (χ4n) is 2.54. The third-order valence-corrected chi connectivity index (χ3v) is 3.60. The summed E-state index contributed by atoms with van der Waals surface area (Å²) >= 11 is 0. The van der Waals surface area contributed by atoms with E-state index in [0.29, 0.717) is 18.0 Å². The first-order valence-corrected chi connectivity index (χ1v) is 7.27. The molecule has 1 aromatic carbocycles. The van der Waals surface area contributed by atoms with Crippen molar-refractivity contribution in [2.75, 3.05) is 31.7 Å². The van der Waals surface area contributed by atoms with Crippen LogP contribution in [0.25, 0.3) is 10.4 Å². The van der Waals surface area contributed by atoms with E-state index in [0.717, 1.165) is 0 Å². The number of rotatable bonds is 6. The lowest BCUT2D eigenvalue weighted by atomic mass is 10.1. The topological polar surface area (TPSA) is 105 Å². The number of nitrogens with zero attached hydrogens (tertiary/aromatic N) is 4. The number of carbonyl (C=O) groups excluding carboxylic acids is 2. The van der Waals surface area contributed by atoms with Crippen molar-refractivity contribution in [1.82, 2.24) is 0 Å². The minimum Gasteiger partial charge on any atom is -0.497 e. The first-order chi connectivity index (χ1) is 11.1. The number of ether oxygens (including phenoxy) is 2. The van der Waals surface area contributed by atoms with Gasteiger partial charge in [-0.3, -0.25) is 4.79 Å². The Morgan fingerprint density at radius 2 is 2.30 bits per heavy atom. The van der Waals surface area contributed by atoms with E-state index < -0.39 is 5.97 Å². The lowest BCUT2D eigenvalue weighted by molar-refractivity contribution is -0.117. The normalized spacial score (nSPS) is 16.9. The predicted octanol–water partition coefficient (Wildman–Crippen LogP) is 2.54. The number of azide groups is 1. The van der Waals surface area contributed by atoms with Crippen LogP contribution in [0.2, 0.25) is 0 Å². The first-order valence-electron chi connectivity index (χ1n) is 7.27. The van der Waals surface area contributed by atoms with Gasteiger partial charge in [0.1, 0.15) is 5.75 Å². The molecule has 1 heterocycles. The van der Waals surface area contributed by atoms with Crippen molar-refractivity contribution in [2.45, 2.75) is 13.3 Å². The molecule has 1 aliphatic heterocycles. The zero-order valence-electron chi connectivity index (χ0n) is 13.1. The molecule has 0 spiro atoms. The molecule has 1 fully saturated rings. The van der Waals surface area contributed by atoms with Crippen LogP contribution in [0.5, 0.6) is 5.75 Å². The minimum absolute atomic E-state index is 0.0597. The SMILES string of the molecule is CCOC(=O)c1cc(OC)ccc1N1CC(CN=[N+]=[N-])CC1=O. The van der Waals surface area contributed by atoms with Gasteiger partial charge >= 0.3 is 5.97 Å². The summed E-state index contributed by atoms with van der Waals surface area (Å²) < 4.78 is 10.2. The van der Waals surface area contributed by atoms with Gasteiger partial charge in [0.15, 0.2) is 0 Å². The molecule has 0 aromatic heterocycles. The van der Waals surface area contributed by atoms with E-state index in [4.69, 9.17) is 15.0 Å². The monoisotopic (exact) mass is 318 g/mol. The molecule has 122 valence electrons. The molecule has 1 aromatic rings. The Balaban J connectivity index is 2.32. The second-order valence-electron chi connectivity index (χ2n) is 5.09. The summed E-state index contributed by atoms with van der Waals surface area (Å²) in [7, 11) is 1.50. The van der Waals surface area contributed by atoms with Crippen molar-refractivity contribution in [3.05, 3.63) is 34.2 Å². The van der Waals surface area contributed by atoms with Gasteiger partial charge in [0.25, 0.3) is 0 Å². The highest BCUT2D eigenvalue weighted by Crippen LogP contribution is 2.31. The molecule has 1 unspecified atom stereocenters. The Morgan fingerprint density at radius 3 is 2.96 bits per heavy atom. The summed E-state index contributed by atoms with van der Waals surface area (Å²) in [5.74, 6) is -0.170. The lowest BCUT2D eigenvalue weighted by Gasteiger charge is -2.20. The maximum absolute atomic E-state index is 12.2. The molecule has 8 nitrogen and oxygen atoms in total. The van der Waals surface area contributed by atoms with Crippen LogP contribution >= 0.6 is 0 Å². The first kappa shape index (κ1) is 16.6. The Kier molecular flexibility index (Phi) is 5.43. The van der Waals surface area contributed by atoms with E-state index in [1.165, 1.54) is 12.0 Å². The highest BCUT2D eigenvalue weighted by Gasteiger charge is 2.32. The number of hydrogen-bond donors (Lipinski definition) is 0. The number of anilines is 1. The van der Waals surface area contributed by atoms with Gasteiger partial charge in [0, 0.05) is 24.4 Å². The lowest BCUT2D eigenvalue weighted by Crippen LogP contribution is -2.27. The molecule has 2 rings (SSSR count). The second-order valence-corrected chi connectivity index (χ2v) is 5.09. The molecular weight excluding hydrogens is 300 g/mol. The summed E-state index contributed by atoms with van der Waals surface area (Å²) in [5, 5.41) is 3.52. The van der Waals surface area contributed by atoms with E-state index >= 15 is 0 Å². The van der Waals surface area contributed by atoms with Crippen LogP contribution in [0.3, 0.4) is 0 Å². The van der Waals surface area contributed by atoms with Gasteiger partial charge in [0.05, 0.1) is 25.0 Å². The van der Waals surface area contributed by atoms with Crippen molar-refractivity contribution >= 4 is 17.6 Å². The number of hydrogen-bond acceptors (Lipinski definition) is 5. The number of benzene rings is 1. The van der Waals surface area contributed by atoms with Crippen LogP contribution in [0.15, 0.2) is 23.3 Å². The Morgan fingerprint density at radius 1 is 1.52 bits per heavy atom. The van der Waals surface area contributed by atoms with Gasteiger partial charge in [-0.1, -0.05) is 5.11 Å². The highest BCUT2D eigenvalue weighted by atomic mass is 16.5. The van der Waals surface area contributed by atoms with Crippen molar-refractivity contribution in [2.24, 2.45) is 11.0 Å². The molecule has 23 heavy (non-hydrogen) atoms. The third-order valence-electron chi connectivity index (χ3n) is 3.60. The zero-order valence-corrected chi connectivity index (χ0v) is 13.1. The van der Waals surface area contributed by atoms with E-state index in [2.05, 4.69) is 10.0 Å². The Bertz CT molecular complexity index is 655. The van der Waals surface area contributed by atoms with Gasteiger partial charge < -0.3 is 14.4 Å². The summed E-state index contributed by atoms with van der Waals surface area (Å²) in [6, 6.07) is 4.91. The molecule has 1 saturated heterocycles. The largest absolute Gasteiger partial charge is 0.497 e. The maximum atomic E-state index is 12.2. The standard InChI is InChI=1S/C15H18N4O4/c1-3-23-15(21)12-7-11(22-2)4-5-13(12)19-9-10(6-14(19)20)8-17-18-16/h4-5,7,10H,3,6,8-9H2,1-2H3. The minimum atomic E-state index is -0.507. The van der Waals surface area contributed by atoms with Crippen LogP contribution in [0.4, 0.5) is 5.69 Å². The van der Waals surface area contributed by atoms with Crippen LogP contribution in [-0.4, -0.2) is 38.7 Å². The third kappa shape index (κ3) is 3.73. The van der Waals surface area contributed by atoms with E-state index in [-0.39, 0.29) is 37.0 Å². The fraction of sp³-hybridized carbons (Fsp3) is 0.467. The molecular formula is C15H18N4O4. The average Bonchev–Trinajstić information content (AvgIpc) is 2.93. The van der Waals surface area contributed by atoms with E-state index in [1.54, 1.807) is 25.1 Å². The Labute approximate surface area is 133 Å². The number of amides is 1. The molecule has 0 aliphatic carbocycles. The summed E-state index contributed by atoms with van der Waals surface area (Å²) in [6.07, 6.45) is 0.285. The van der Waals surface area contributed by atoms with Gasteiger partial charge in [0.2, 0.25) is 5.91 Å². The van der Waals surface area contributed by atoms with Crippen molar-refractivity contribution in [1.29, 1.82) is 0 Å². The number of methoxy groups -OCH3 is 1. The number of carbonyl (C=O) groups is 2. The smallest absolute Gasteiger partial charge is 0.340 e. The second kappa shape index (κ2) is 7.51. The van der Waals surface area contributed by atoms with Crippen molar-refractivity contribution in [3.8, 4) is 5.75 Å². The van der Waals surface area contributed by atoms with E-state index in [1.807, 2.05) is 0 Å². The highest BCUT2D eigenvalue weighted by molar-refractivity contribution is 6.04. The molecule has 1 amide bonds. The van der Waals surface area contributed by atoms with Crippen LogP contribution in [0, 0.1) is 5.92 Å². The zero-order chi connectivity index (χ0) is 16.8. The van der Waals surface area contributed by atoms with Gasteiger partial charge in [-0.15, -0.1) is 0 Å². The summed E-state index contributed by atoms with van der Waals surface area (Å²) in [4.78, 5) is 28.7. The molecule has 1 aliphatic rings. The average molecular weight is 318 g/mol. The summed E-state index contributed by atoms with van der Waals surface area (Å²) in [6.45, 7) is 2.61. The van der Waals surface area contributed by atoms with Crippen LogP contribution in [0.1, 0.15) is 23.7 Å². The quantitative estimate of drug-likeness (QED) is 0.348. The molecule has 0 bridgehead atoms. The molecule has 8 heteroatoms. The summed E-state index contributed by atoms with van der Waals surface area (Å²) in [5.41, 5.74) is 9.16. The van der Waals surface area contributed by atoms with Crippen molar-refractivity contribution < 1.29 is 19.1 Å². The van der Waals surface area contributed by atoms with Crippen LogP contribution in [-0.2, 0) is 9.53 Å². The molecule has 0 N–H and O–H groups in total. The van der Waals surface area contributed by atoms with Gasteiger partial charge in [-0.2, -0.15) is 0 Å². The predicted molar refractivity (Wildman–Crippen MR) is 83.4 cm³/mol. The van der Waals surface area contributed by atoms with Crippen molar-refractivity contribution in [3.63, 3.8) is 0 Å². The Hall–Kier alpha value is -2.73. The fourth-order valence-corrected chi connectivity index (χ4v) is 2.54. The molecule has 0 radical (unpaired) electrons. The van der Waals surface area contributed by atoms with Crippen LogP contribution < -0.4 is 9.64 Å². The maximum Gasteiger partial charge on any atom is 0.340 e. The molecule has 0 saturated carbocycles. The van der Waals surface area contributed by atoms with Gasteiger partial charge in [-0.05, 0) is 36.6 Å².